The summed E-state index contributed by atoms with van der Waals surface area (Å²) in [4.78, 5) is 13.5. The lowest BCUT2D eigenvalue weighted by Crippen LogP contribution is -2.25. The van der Waals surface area contributed by atoms with Crippen molar-refractivity contribution in [1.82, 2.24) is 10.2 Å². The fourth-order valence-electron chi connectivity index (χ4n) is 1.38. The van der Waals surface area contributed by atoms with Crippen molar-refractivity contribution in [3.8, 4) is 5.75 Å². The van der Waals surface area contributed by atoms with Crippen molar-refractivity contribution in [2.24, 2.45) is 0 Å². The van der Waals surface area contributed by atoms with Crippen molar-refractivity contribution in [3.05, 3.63) is 24.3 Å². The molecule has 0 saturated carbocycles. The third kappa shape index (κ3) is 5.65. The van der Waals surface area contributed by atoms with E-state index in [0.29, 0.717) is 13.2 Å². The maximum absolute atomic E-state index is 11.4. The van der Waals surface area contributed by atoms with Crippen molar-refractivity contribution in [1.29, 1.82) is 0 Å². The third-order valence-corrected chi connectivity index (χ3v) is 2.26. The molecule has 0 unspecified atom stereocenters. The van der Waals surface area contributed by atoms with Crippen molar-refractivity contribution in [2.75, 3.05) is 46.2 Å². The Morgan fingerprint density at radius 3 is 2.83 bits per heavy atom. The highest BCUT2D eigenvalue weighted by atomic mass is 16.5. The lowest BCUT2D eigenvalue weighted by atomic mass is 10.3. The summed E-state index contributed by atoms with van der Waals surface area (Å²) in [6.07, 6.45) is 0. The van der Waals surface area contributed by atoms with Gasteiger partial charge in [-0.3, -0.25) is 4.79 Å². The SMILES string of the molecule is CNCC(=O)Nc1cccc(OCCN(C)C)c1. The monoisotopic (exact) mass is 251 g/mol. The quantitative estimate of drug-likeness (QED) is 0.752. The molecule has 0 atom stereocenters. The zero-order valence-corrected chi connectivity index (χ0v) is 11.2. The van der Waals surface area contributed by atoms with Crippen molar-refractivity contribution in [2.45, 2.75) is 0 Å². The second kappa shape index (κ2) is 7.68. The van der Waals surface area contributed by atoms with Crippen molar-refractivity contribution < 1.29 is 9.53 Å². The smallest absolute Gasteiger partial charge is 0.238 e. The van der Waals surface area contributed by atoms with Gasteiger partial charge in [0.15, 0.2) is 0 Å². The number of nitrogens with one attached hydrogen (secondary N) is 2. The minimum atomic E-state index is -0.0667. The number of hydrogen-bond acceptors (Lipinski definition) is 4. The maximum Gasteiger partial charge on any atom is 0.238 e. The third-order valence-electron chi connectivity index (χ3n) is 2.26. The molecule has 1 aromatic rings. The Balaban J connectivity index is 2.48. The van der Waals surface area contributed by atoms with Crippen molar-refractivity contribution in [3.63, 3.8) is 0 Å². The summed E-state index contributed by atoms with van der Waals surface area (Å²) in [5.41, 5.74) is 0.748. The first-order chi connectivity index (χ1) is 8.61. The van der Waals surface area contributed by atoms with E-state index in [0.717, 1.165) is 18.0 Å². The first-order valence-electron chi connectivity index (χ1n) is 5.94. The zero-order chi connectivity index (χ0) is 13.4. The molecular formula is C13H21N3O2. The molecule has 1 aromatic carbocycles. The van der Waals surface area contributed by atoms with Crippen LogP contribution in [0.4, 0.5) is 5.69 Å². The summed E-state index contributed by atoms with van der Waals surface area (Å²) >= 11 is 0. The van der Waals surface area contributed by atoms with E-state index in [-0.39, 0.29) is 5.91 Å². The van der Waals surface area contributed by atoms with Gasteiger partial charge in [0.1, 0.15) is 12.4 Å². The summed E-state index contributed by atoms with van der Waals surface area (Å²) in [5.74, 6) is 0.696. The number of carbonyl (C=O) groups is 1. The van der Waals surface area contributed by atoms with E-state index in [4.69, 9.17) is 4.74 Å². The van der Waals surface area contributed by atoms with Gasteiger partial charge < -0.3 is 20.3 Å². The second-order valence-electron chi connectivity index (χ2n) is 4.26. The molecule has 0 aliphatic carbocycles. The largest absolute Gasteiger partial charge is 0.492 e. The van der Waals surface area contributed by atoms with Crippen LogP contribution in [0, 0.1) is 0 Å². The van der Waals surface area contributed by atoms with Crippen LogP contribution in [-0.4, -0.2) is 51.6 Å². The van der Waals surface area contributed by atoms with Crippen LogP contribution in [0.5, 0.6) is 5.75 Å². The highest BCUT2D eigenvalue weighted by Gasteiger charge is 2.02. The van der Waals surface area contributed by atoms with Crippen LogP contribution in [0.1, 0.15) is 0 Å². The Bertz CT molecular complexity index is 380. The van der Waals surface area contributed by atoms with Crippen LogP contribution >= 0.6 is 0 Å². The van der Waals surface area contributed by atoms with Crippen LogP contribution in [0.2, 0.25) is 0 Å². The normalized spacial score (nSPS) is 10.4. The van der Waals surface area contributed by atoms with E-state index >= 15 is 0 Å². The van der Waals surface area contributed by atoms with Gasteiger partial charge in [-0.15, -0.1) is 0 Å². The molecule has 2 N–H and O–H groups in total. The molecule has 5 nitrogen and oxygen atoms in total. The summed E-state index contributed by atoms with van der Waals surface area (Å²) in [6, 6.07) is 7.40. The molecule has 18 heavy (non-hydrogen) atoms. The number of benzene rings is 1. The summed E-state index contributed by atoms with van der Waals surface area (Å²) < 4.78 is 5.59. The Morgan fingerprint density at radius 1 is 1.39 bits per heavy atom. The van der Waals surface area contributed by atoms with E-state index in [1.807, 2.05) is 38.4 Å². The molecule has 0 spiro atoms. The summed E-state index contributed by atoms with van der Waals surface area (Å²) in [6.45, 7) is 1.78. The predicted molar refractivity (Wildman–Crippen MR) is 73.0 cm³/mol. The van der Waals surface area contributed by atoms with Gasteiger partial charge in [0, 0.05) is 18.3 Å². The molecule has 0 aliphatic heterocycles. The number of ether oxygens (including phenoxy) is 1. The van der Waals surface area contributed by atoms with Gasteiger partial charge in [-0.1, -0.05) is 6.07 Å². The number of nitrogens with zero attached hydrogens (tertiary/aromatic N) is 1. The maximum atomic E-state index is 11.4. The van der Waals surface area contributed by atoms with Gasteiger partial charge in [0.2, 0.25) is 5.91 Å². The highest BCUT2D eigenvalue weighted by molar-refractivity contribution is 5.92. The van der Waals surface area contributed by atoms with Crippen LogP contribution in [-0.2, 0) is 4.79 Å². The van der Waals surface area contributed by atoms with E-state index in [2.05, 4.69) is 15.5 Å². The predicted octanol–water partition coefficient (Wildman–Crippen LogP) is 0.785. The van der Waals surface area contributed by atoms with E-state index in [1.165, 1.54) is 0 Å². The molecule has 5 heteroatoms. The number of likely N-dealkylation sites (N-methyl/N-ethyl adjacent to an activating group) is 2. The van der Waals surface area contributed by atoms with Crippen LogP contribution < -0.4 is 15.4 Å². The fraction of sp³-hybridized carbons (Fsp3) is 0.462. The Labute approximate surface area is 108 Å². The number of amides is 1. The van der Waals surface area contributed by atoms with Gasteiger partial charge >= 0.3 is 0 Å². The van der Waals surface area contributed by atoms with Gasteiger partial charge in [0.25, 0.3) is 0 Å². The summed E-state index contributed by atoms with van der Waals surface area (Å²) in [7, 11) is 5.73. The number of hydrogen-bond donors (Lipinski definition) is 2. The van der Waals surface area contributed by atoms with E-state index < -0.39 is 0 Å². The molecule has 0 aliphatic rings. The molecule has 1 rings (SSSR count). The van der Waals surface area contributed by atoms with Crippen LogP contribution in [0.3, 0.4) is 0 Å². The minimum Gasteiger partial charge on any atom is -0.492 e. The molecule has 0 heterocycles. The van der Waals surface area contributed by atoms with E-state index in [1.54, 1.807) is 7.05 Å². The summed E-state index contributed by atoms with van der Waals surface area (Å²) in [5, 5.41) is 5.59. The lowest BCUT2D eigenvalue weighted by molar-refractivity contribution is -0.115. The second-order valence-corrected chi connectivity index (χ2v) is 4.26. The zero-order valence-electron chi connectivity index (χ0n) is 11.2. The van der Waals surface area contributed by atoms with E-state index in [9.17, 15) is 4.79 Å². The van der Waals surface area contributed by atoms with Crippen LogP contribution in [0.25, 0.3) is 0 Å². The van der Waals surface area contributed by atoms with Gasteiger partial charge in [-0.05, 0) is 33.3 Å². The lowest BCUT2D eigenvalue weighted by Gasteiger charge is -2.12. The molecule has 1 amide bonds. The number of rotatable bonds is 7. The van der Waals surface area contributed by atoms with Crippen molar-refractivity contribution >= 4 is 11.6 Å². The first-order valence-corrected chi connectivity index (χ1v) is 5.94. The Kier molecular flexibility index (Phi) is 6.18. The average Bonchev–Trinajstić information content (AvgIpc) is 2.29. The van der Waals surface area contributed by atoms with Gasteiger partial charge in [0.05, 0.1) is 6.54 Å². The molecule has 0 saturated heterocycles. The molecule has 0 bridgehead atoms. The molecule has 0 radical (unpaired) electrons. The number of carbonyl (C=O) groups excluding carboxylic acids is 1. The van der Waals surface area contributed by atoms with Gasteiger partial charge in [-0.25, -0.2) is 0 Å². The number of anilines is 1. The average molecular weight is 251 g/mol. The Hall–Kier alpha value is -1.59. The molecule has 0 fully saturated rings. The Morgan fingerprint density at radius 2 is 2.17 bits per heavy atom. The topological polar surface area (TPSA) is 53.6 Å². The fourth-order valence-corrected chi connectivity index (χ4v) is 1.38. The van der Waals surface area contributed by atoms with Gasteiger partial charge in [-0.2, -0.15) is 0 Å². The highest BCUT2D eigenvalue weighted by Crippen LogP contribution is 2.17. The molecule has 0 aromatic heterocycles. The van der Waals surface area contributed by atoms with Crippen LogP contribution in [0.15, 0.2) is 24.3 Å². The molecule has 100 valence electrons. The minimum absolute atomic E-state index is 0.0667. The standard InChI is InChI=1S/C13H21N3O2/c1-14-10-13(17)15-11-5-4-6-12(9-11)18-8-7-16(2)3/h4-6,9,14H,7-8,10H2,1-3H3,(H,15,17). The first kappa shape index (κ1) is 14.5. The molecular weight excluding hydrogens is 230 g/mol.